The second-order valence-corrected chi connectivity index (χ2v) is 6.82. The molecule has 0 fully saturated rings. The molecule has 2 aromatic carbocycles. The third-order valence-corrected chi connectivity index (χ3v) is 4.81. The first-order valence-corrected chi connectivity index (χ1v) is 8.25. The molecule has 0 saturated heterocycles. The molecular weight excluding hydrogens is 300 g/mol. The number of Topliss-reactive ketones (excluding diaryl/α,β-unsaturated/α-hetero) is 1. The summed E-state index contributed by atoms with van der Waals surface area (Å²) in [4.78, 5) is 11.4. The zero-order valence-corrected chi connectivity index (χ0v) is 13.8. The van der Waals surface area contributed by atoms with E-state index in [2.05, 4.69) is 0 Å². The minimum Gasteiger partial charge on any atom is -0.378 e. The van der Waals surface area contributed by atoms with Crippen LogP contribution in [0.25, 0.3) is 0 Å². The van der Waals surface area contributed by atoms with Gasteiger partial charge in [0.25, 0.3) is 0 Å². The first-order chi connectivity index (χ1) is 10.2. The molecule has 4 nitrogen and oxygen atoms in total. The second kappa shape index (κ2) is 5.93. The number of ketones is 1. The van der Waals surface area contributed by atoms with Crippen molar-refractivity contribution in [1.29, 1.82) is 0 Å². The van der Waals surface area contributed by atoms with Crippen molar-refractivity contribution in [2.75, 3.05) is 0 Å². The molecule has 5 heteroatoms. The lowest BCUT2D eigenvalue weighted by atomic mass is 10.1. The minimum absolute atomic E-state index is 0.0273. The molecule has 0 aliphatic heterocycles. The number of hydrogen-bond acceptors (Lipinski definition) is 4. The van der Waals surface area contributed by atoms with Gasteiger partial charge in [-0.3, -0.25) is 4.79 Å². The van der Waals surface area contributed by atoms with Gasteiger partial charge in [-0.2, -0.15) is 8.42 Å². The maximum absolute atomic E-state index is 12.5. The highest BCUT2D eigenvalue weighted by molar-refractivity contribution is 7.87. The zero-order valence-electron chi connectivity index (χ0n) is 13.0. The van der Waals surface area contributed by atoms with Crippen molar-refractivity contribution in [2.45, 2.75) is 32.6 Å². The zero-order chi connectivity index (χ0) is 16.5. The Labute approximate surface area is 130 Å². The molecule has 0 radical (unpaired) electrons. The van der Waals surface area contributed by atoms with Crippen molar-refractivity contribution in [2.24, 2.45) is 0 Å². The van der Waals surface area contributed by atoms with Crippen LogP contribution in [0.3, 0.4) is 0 Å². The maximum atomic E-state index is 12.5. The molecule has 116 valence electrons. The van der Waals surface area contributed by atoms with E-state index in [1.165, 1.54) is 25.1 Å². The fourth-order valence-electron chi connectivity index (χ4n) is 2.08. The van der Waals surface area contributed by atoms with Gasteiger partial charge in [0.15, 0.2) is 5.78 Å². The predicted molar refractivity (Wildman–Crippen MR) is 84.9 cm³/mol. The predicted octanol–water partition coefficient (Wildman–Crippen LogP) is 3.58. The van der Waals surface area contributed by atoms with Gasteiger partial charge in [-0.25, -0.2) is 0 Å². The number of aryl methyl sites for hydroxylation is 2. The number of carbonyl (C=O) groups is 1. The third-order valence-electron chi connectivity index (χ3n) is 3.60. The topological polar surface area (TPSA) is 60.4 Å². The summed E-state index contributed by atoms with van der Waals surface area (Å²) < 4.78 is 30.2. The van der Waals surface area contributed by atoms with E-state index < -0.39 is 10.1 Å². The smallest absolute Gasteiger partial charge is 0.339 e. The van der Waals surface area contributed by atoms with E-state index in [0.29, 0.717) is 11.3 Å². The third kappa shape index (κ3) is 3.20. The van der Waals surface area contributed by atoms with Gasteiger partial charge in [0, 0.05) is 5.56 Å². The highest BCUT2D eigenvalue weighted by Crippen LogP contribution is 2.29. The fraction of sp³-hybridized carbons (Fsp3) is 0.235. The summed E-state index contributed by atoms with van der Waals surface area (Å²) in [5.74, 6) is 0.146. The SMILES string of the molecule is CC(=O)c1cccc(S(=O)(=O)Oc2c(C)ccc(C)c2C)c1. The molecule has 0 bridgehead atoms. The van der Waals surface area contributed by atoms with Gasteiger partial charge < -0.3 is 4.18 Å². The summed E-state index contributed by atoms with van der Waals surface area (Å²) >= 11 is 0. The molecule has 0 atom stereocenters. The van der Waals surface area contributed by atoms with Gasteiger partial charge in [-0.15, -0.1) is 0 Å². The number of rotatable bonds is 4. The standard InChI is InChI=1S/C17H18O4S/c1-11-8-9-12(2)17(13(11)3)21-22(19,20)16-7-5-6-15(10-16)14(4)18/h5-10H,1-4H3. The van der Waals surface area contributed by atoms with Crippen LogP contribution in [0.2, 0.25) is 0 Å². The molecule has 0 aromatic heterocycles. The molecule has 0 unspecified atom stereocenters. The van der Waals surface area contributed by atoms with Crippen LogP contribution in [0.15, 0.2) is 41.3 Å². The number of hydrogen-bond donors (Lipinski definition) is 0. The van der Waals surface area contributed by atoms with E-state index >= 15 is 0 Å². The minimum atomic E-state index is -3.98. The highest BCUT2D eigenvalue weighted by Gasteiger charge is 2.20. The monoisotopic (exact) mass is 318 g/mol. The molecule has 0 aliphatic carbocycles. The summed E-state index contributed by atoms with van der Waals surface area (Å²) in [5, 5.41) is 0. The molecular formula is C17H18O4S. The Morgan fingerprint density at radius 3 is 2.27 bits per heavy atom. The first-order valence-electron chi connectivity index (χ1n) is 6.84. The van der Waals surface area contributed by atoms with Gasteiger partial charge in [0.1, 0.15) is 10.6 Å². The van der Waals surface area contributed by atoms with Crippen molar-refractivity contribution in [3.63, 3.8) is 0 Å². The van der Waals surface area contributed by atoms with Gasteiger partial charge >= 0.3 is 10.1 Å². The molecule has 22 heavy (non-hydrogen) atoms. The van der Waals surface area contributed by atoms with Gasteiger partial charge in [-0.05, 0) is 56.5 Å². The Morgan fingerprint density at radius 1 is 1.00 bits per heavy atom. The lowest BCUT2D eigenvalue weighted by molar-refractivity contribution is 0.101. The average molecular weight is 318 g/mol. The number of benzene rings is 2. The molecule has 0 amide bonds. The fourth-order valence-corrected chi connectivity index (χ4v) is 3.17. The lowest BCUT2D eigenvalue weighted by Gasteiger charge is -2.14. The van der Waals surface area contributed by atoms with E-state index in [-0.39, 0.29) is 10.7 Å². The Balaban J connectivity index is 2.47. The van der Waals surface area contributed by atoms with Crippen LogP contribution in [-0.4, -0.2) is 14.2 Å². The molecule has 0 N–H and O–H groups in total. The summed E-state index contributed by atoms with van der Waals surface area (Å²) in [6.45, 7) is 6.90. The maximum Gasteiger partial charge on any atom is 0.339 e. The van der Waals surface area contributed by atoms with Crippen molar-refractivity contribution in [1.82, 2.24) is 0 Å². The van der Waals surface area contributed by atoms with Crippen LogP contribution in [0.5, 0.6) is 5.75 Å². The normalized spacial score (nSPS) is 11.3. The summed E-state index contributed by atoms with van der Waals surface area (Å²) in [6.07, 6.45) is 0. The Bertz CT molecular complexity index is 836. The van der Waals surface area contributed by atoms with Gasteiger partial charge in [-0.1, -0.05) is 24.3 Å². The molecule has 0 saturated carbocycles. The molecule has 0 heterocycles. The van der Waals surface area contributed by atoms with Crippen LogP contribution in [0.1, 0.15) is 34.0 Å². The van der Waals surface area contributed by atoms with E-state index in [1.807, 2.05) is 26.0 Å². The van der Waals surface area contributed by atoms with Crippen molar-refractivity contribution < 1.29 is 17.4 Å². The Kier molecular flexibility index (Phi) is 4.37. The van der Waals surface area contributed by atoms with Crippen LogP contribution < -0.4 is 4.18 Å². The van der Waals surface area contributed by atoms with Crippen LogP contribution in [0.4, 0.5) is 0 Å². The van der Waals surface area contributed by atoms with E-state index in [9.17, 15) is 13.2 Å². The molecule has 2 aromatic rings. The average Bonchev–Trinajstić information content (AvgIpc) is 2.48. The van der Waals surface area contributed by atoms with Crippen LogP contribution in [0, 0.1) is 20.8 Å². The van der Waals surface area contributed by atoms with E-state index in [1.54, 1.807) is 13.0 Å². The quantitative estimate of drug-likeness (QED) is 0.638. The van der Waals surface area contributed by atoms with Crippen LogP contribution >= 0.6 is 0 Å². The first kappa shape index (κ1) is 16.2. The lowest BCUT2D eigenvalue weighted by Crippen LogP contribution is -2.12. The van der Waals surface area contributed by atoms with Gasteiger partial charge in [0.2, 0.25) is 0 Å². The Hall–Kier alpha value is -2.14. The van der Waals surface area contributed by atoms with Crippen molar-refractivity contribution >= 4 is 15.9 Å². The van der Waals surface area contributed by atoms with Crippen LogP contribution in [-0.2, 0) is 10.1 Å². The molecule has 0 aliphatic rings. The summed E-state index contributed by atoms with van der Waals surface area (Å²) in [5.41, 5.74) is 2.82. The Morgan fingerprint density at radius 2 is 1.64 bits per heavy atom. The second-order valence-electron chi connectivity index (χ2n) is 5.27. The molecule has 2 rings (SSSR count). The van der Waals surface area contributed by atoms with E-state index in [4.69, 9.17) is 4.18 Å². The largest absolute Gasteiger partial charge is 0.378 e. The summed E-state index contributed by atoms with van der Waals surface area (Å²) in [7, 11) is -3.98. The highest BCUT2D eigenvalue weighted by atomic mass is 32.2. The van der Waals surface area contributed by atoms with E-state index in [0.717, 1.165) is 16.7 Å². The van der Waals surface area contributed by atoms with Crippen molar-refractivity contribution in [3.8, 4) is 5.75 Å². The summed E-state index contributed by atoms with van der Waals surface area (Å²) in [6, 6.07) is 9.59. The molecule has 0 spiro atoms. The van der Waals surface area contributed by atoms with Crippen molar-refractivity contribution in [3.05, 3.63) is 58.7 Å². The number of carbonyl (C=O) groups excluding carboxylic acids is 1. The van der Waals surface area contributed by atoms with Gasteiger partial charge in [0.05, 0.1) is 0 Å².